The first-order valence-electron chi connectivity index (χ1n) is 6.82. The van der Waals surface area contributed by atoms with Gasteiger partial charge in [0.1, 0.15) is 5.84 Å². The molecule has 0 aliphatic heterocycles. The van der Waals surface area contributed by atoms with E-state index in [2.05, 4.69) is 10.5 Å². The molecule has 0 saturated carbocycles. The average Bonchev–Trinajstić information content (AvgIpc) is 2.51. The second-order valence-electron chi connectivity index (χ2n) is 5.09. The number of carbonyl (C=O) groups excluding carboxylic acids is 1. The van der Waals surface area contributed by atoms with Crippen LogP contribution in [0.2, 0.25) is 0 Å². The molecule has 0 fully saturated rings. The number of carbonyl (C=O) groups is 1. The highest BCUT2D eigenvalue weighted by molar-refractivity contribution is 5.86. The monoisotopic (exact) mass is 285 g/mol. The number of nitrogens with zero attached hydrogens (tertiary/aromatic N) is 1. The highest BCUT2D eigenvalue weighted by Gasteiger charge is 2.10. The van der Waals surface area contributed by atoms with Crippen molar-refractivity contribution in [1.29, 1.82) is 0 Å². The Hall–Kier alpha value is -2.56. The molecule has 2 rings (SSSR count). The molecule has 0 heterocycles. The van der Waals surface area contributed by atoms with Crippen molar-refractivity contribution in [2.75, 3.05) is 6.54 Å². The lowest BCUT2D eigenvalue weighted by Gasteiger charge is -2.11. The van der Waals surface area contributed by atoms with E-state index >= 15 is 0 Å². The fourth-order valence-corrected chi connectivity index (χ4v) is 2.07. The van der Waals surface area contributed by atoms with Crippen LogP contribution in [-0.4, -0.2) is 23.5 Å². The van der Waals surface area contributed by atoms with E-state index < -0.39 is 0 Å². The summed E-state index contributed by atoms with van der Waals surface area (Å²) in [6.45, 7) is 2.13. The lowest BCUT2D eigenvalue weighted by Crippen LogP contribution is -2.35. The number of amidine groups is 1. The fraction of sp³-hybridized carbons (Fsp3) is 0.250. The summed E-state index contributed by atoms with van der Waals surface area (Å²) in [4.78, 5) is 11.9. The SMILES string of the molecule is CC(CNC(=O)Cc1ccc2ccccc2c1)C(N)=NO. The molecule has 2 aromatic rings. The maximum Gasteiger partial charge on any atom is 0.224 e. The Morgan fingerprint density at radius 3 is 2.71 bits per heavy atom. The Morgan fingerprint density at radius 1 is 1.29 bits per heavy atom. The van der Waals surface area contributed by atoms with Crippen molar-refractivity contribution in [3.05, 3.63) is 48.0 Å². The van der Waals surface area contributed by atoms with Crippen LogP contribution in [0.25, 0.3) is 10.8 Å². The van der Waals surface area contributed by atoms with E-state index in [0.29, 0.717) is 13.0 Å². The molecule has 21 heavy (non-hydrogen) atoms. The van der Waals surface area contributed by atoms with Gasteiger partial charge in [-0.1, -0.05) is 54.5 Å². The Labute approximate surface area is 123 Å². The third-order valence-electron chi connectivity index (χ3n) is 3.40. The Bertz CT molecular complexity index is 667. The molecule has 2 aromatic carbocycles. The van der Waals surface area contributed by atoms with E-state index in [1.807, 2.05) is 42.5 Å². The Kier molecular flexibility index (Phi) is 4.77. The quantitative estimate of drug-likeness (QED) is 0.339. The van der Waals surface area contributed by atoms with Crippen LogP contribution in [0.4, 0.5) is 0 Å². The minimum atomic E-state index is -0.199. The van der Waals surface area contributed by atoms with Gasteiger partial charge in [0.2, 0.25) is 5.91 Å². The van der Waals surface area contributed by atoms with Crippen LogP contribution in [0, 0.1) is 5.92 Å². The van der Waals surface area contributed by atoms with Crippen molar-refractivity contribution in [3.8, 4) is 0 Å². The smallest absolute Gasteiger partial charge is 0.224 e. The molecule has 0 radical (unpaired) electrons. The normalized spacial score (nSPS) is 13.1. The van der Waals surface area contributed by atoms with Crippen LogP contribution in [-0.2, 0) is 11.2 Å². The molecule has 4 N–H and O–H groups in total. The van der Waals surface area contributed by atoms with Crippen molar-refractivity contribution >= 4 is 22.5 Å². The second kappa shape index (κ2) is 6.74. The Balaban J connectivity index is 1.95. The molecule has 1 amide bonds. The first-order valence-corrected chi connectivity index (χ1v) is 6.82. The number of hydrogen-bond acceptors (Lipinski definition) is 3. The fourth-order valence-electron chi connectivity index (χ4n) is 2.07. The first-order chi connectivity index (χ1) is 10.1. The maximum atomic E-state index is 11.9. The number of hydrogen-bond donors (Lipinski definition) is 3. The van der Waals surface area contributed by atoms with Gasteiger partial charge in [-0.25, -0.2) is 0 Å². The van der Waals surface area contributed by atoms with E-state index in [-0.39, 0.29) is 17.7 Å². The Morgan fingerprint density at radius 2 is 2.00 bits per heavy atom. The van der Waals surface area contributed by atoms with Crippen molar-refractivity contribution in [1.82, 2.24) is 5.32 Å². The van der Waals surface area contributed by atoms with E-state index in [4.69, 9.17) is 10.9 Å². The molecule has 0 bridgehead atoms. The number of amides is 1. The number of oxime groups is 1. The summed E-state index contributed by atoms with van der Waals surface area (Å²) in [5, 5.41) is 16.5. The van der Waals surface area contributed by atoms with Gasteiger partial charge < -0.3 is 16.3 Å². The number of rotatable bonds is 5. The van der Waals surface area contributed by atoms with Gasteiger partial charge in [-0.3, -0.25) is 4.79 Å². The van der Waals surface area contributed by atoms with Crippen LogP contribution >= 0.6 is 0 Å². The second-order valence-corrected chi connectivity index (χ2v) is 5.09. The van der Waals surface area contributed by atoms with E-state index in [1.54, 1.807) is 6.92 Å². The number of benzene rings is 2. The van der Waals surface area contributed by atoms with Crippen molar-refractivity contribution < 1.29 is 10.0 Å². The summed E-state index contributed by atoms with van der Waals surface area (Å²) in [6, 6.07) is 14.0. The van der Waals surface area contributed by atoms with Crippen LogP contribution in [0.1, 0.15) is 12.5 Å². The molecule has 0 aliphatic rings. The van der Waals surface area contributed by atoms with Crippen molar-refractivity contribution in [3.63, 3.8) is 0 Å². The first kappa shape index (κ1) is 14.8. The van der Waals surface area contributed by atoms with E-state index in [1.165, 1.54) is 0 Å². The predicted octanol–water partition coefficient (Wildman–Crippen LogP) is 1.88. The predicted molar refractivity (Wildman–Crippen MR) is 83.2 cm³/mol. The molecule has 110 valence electrons. The van der Waals surface area contributed by atoms with Crippen molar-refractivity contribution in [2.24, 2.45) is 16.8 Å². The largest absolute Gasteiger partial charge is 0.409 e. The summed E-state index contributed by atoms with van der Waals surface area (Å²) in [7, 11) is 0. The van der Waals surface area contributed by atoms with E-state index in [9.17, 15) is 4.79 Å². The summed E-state index contributed by atoms with van der Waals surface area (Å²) in [5.74, 6) is -0.167. The summed E-state index contributed by atoms with van der Waals surface area (Å²) in [5.41, 5.74) is 6.43. The van der Waals surface area contributed by atoms with Crippen LogP contribution < -0.4 is 11.1 Å². The summed E-state index contributed by atoms with van der Waals surface area (Å²) in [6.07, 6.45) is 0.313. The zero-order valence-corrected chi connectivity index (χ0v) is 11.9. The highest BCUT2D eigenvalue weighted by Crippen LogP contribution is 2.15. The van der Waals surface area contributed by atoms with Crippen molar-refractivity contribution in [2.45, 2.75) is 13.3 Å². The standard InChI is InChI=1S/C16H19N3O2/c1-11(16(17)19-21)10-18-15(20)9-12-6-7-13-4-2-3-5-14(13)8-12/h2-8,11,21H,9-10H2,1H3,(H2,17,19)(H,18,20). The lowest BCUT2D eigenvalue weighted by atomic mass is 10.0. The summed E-state index contributed by atoms with van der Waals surface area (Å²) >= 11 is 0. The minimum Gasteiger partial charge on any atom is -0.409 e. The number of nitrogens with two attached hydrogens (primary N) is 1. The molecule has 1 atom stereocenters. The molecule has 5 heteroatoms. The zero-order chi connectivity index (χ0) is 15.2. The third kappa shape index (κ3) is 3.95. The highest BCUT2D eigenvalue weighted by atomic mass is 16.4. The number of nitrogens with one attached hydrogen (secondary N) is 1. The molecule has 0 aromatic heterocycles. The zero-order valence-electron chi connectivity index (χ0n) is 11.9. The van der Waals surface area contributed by atoms with Gasteiger partial charge in [-0.2, -0.15) is 0 Å². The lowest BCUT2D eigenvalue weighted by molar-refractivity contribution is -0.120. The average molecular weight is 285 g/mol. The molecule has 0 spiro atoms. The van der Waals surface area contributed by atoms with Gasteiger partial charge in [-0.05, 0) is 16.3 Å². The number of fused-ring (bicyclic) bond motifs is 1. The molecular weight excluding hydrogens is 266 g/mol. The van der Waals surface area contributed by atoms with Gasteiger partial charge in [0.25, 0.3) is 0 Å². The minimum absolute atomic E-state index is 0.0807. The van der Waals surface area contributed by atoms with Crippen LogP contribution in [0.15, 0.2) is 47.6 Å². The topological polar surface area (TPSA) is 87.7 Å². The van der Waals surface area contributed by atoms with Gasteiger partial charge >= 0.3 is 0 Å². The van der Waals surface area contributed by atoms with Crippen LogP contribution in [0.3, 0.4) is 0 Å². The third-order valence-corrected chi connectivity index (χ3v) is 3.40. The van der Waals surface area contributed by atoms with Gasteiger partial charge in [0.05, 0.1) is 6.42 Å². The van der Waals surface area contributed by atoms with Crippen LogP contribution in [0.5, 0.6) is 0 Å². The van der Waals surface area contributed by atoms with E-state index in [0.717, 1.165) is 16.3 Å². The van der Waals surface area contributed by atoms with Gasteiger partial charge in [0, 0.05) is 12.5 Å². The molecule has 0 aliphatic carbocycles. The molecule has 5 nitrogen and oxygen atoms in total. The summed E-state index contributed by atoms with van der Waals surface area (Å²) < 4.78 is 0. The molecule has 0 saturated heterocycles. The van der Waals surface area contributed by atoms with Gasteiger partial charge in [0.15, 0.2) is 0 Å². The van der Waals surface area contributed by atoms with Gasteiger partial charge in [-0.15, -0.1) is 0 Å². The maximum absolute atomic E-state index is 11.9. The molecular formula is C16H19N3O2. The molecule has 1 unspecified atom stereocenters.